The number of benzene rings is 1. The fourth-order valence-electron chi connectivity index (χ4n) is 1.20. The second-order valence-corrected chi connectivity index (χ2v) is 4.25. The van der Waals surface area contributed by atoms with E-state index in [2.05, 4.69) is 5.32 Å². The third-order valence-electron chi connectivity index (χ3n) is 1.99. The lowest BCUT2D eigenvalue weighted by Gasteiger charge is -2.06. The lowest BCUT2D eigenvalue weighted by atomic mass is 10.1. The minimum Gasteiger partial charge on any atom is -0.507 e. The first-order valence-electron chi connectivity index (χ1n) is 4.72. The van der Waals surface area contributed by atoms with Crippen molar-refractivity contribution in [1.29, 1.82) is 0 Å². The van der Waals surface area contributed by atoms with E-state index in [-0.39, 0.29) is 11.7 Å². The van der Waals surface area contributed by atoms with Gasteiger partial charge < -0.3 is 10.4 Å². The number of thioether (sulfide) groups is 1. The number of carbonyl (C=O) groups excluding carboxylic acids is 1. The summed E-state index contributed by atoms with van der Waals surface area (Å²) < 4.78 is 0. The Morgan fingerprint density at radius 2 is 2.27 bits per heavy atom. The van der Waals surface area contributed by atoms with Crippen LogP contribution in [0.2, 0.25) is 0 Å². The molecule has 0 unspecified atom stereocenters. The molecule has 2 N–H and O–H groups in total. The van der Waals surface area contributed by atoms with Gasteiger partial charge >= 0.3 is 0 Å². The van der Waals surface area contributed by atoms with Crippen molar-refractivity contribution in [2.75, 3.05) is 18.6 Å². The molecule has 0 fully saturated rings. The van der Waals surface area contributed by atoms with Gasteiger partial charge in [-0.3, -0.25) is 4.79 Å². The number of aromatic hydroxyl groups is 1. The topological polar surface area (TPSA) is 49.3 Å². The maximum atomic E-state index is 11.6. The number of rotatable bonds is 4. The smallest absolute Gasteiger partial charge is 0.255 e. The number of nitrogens with one attached hydrogen (secondary N) is 1. The number of phenols is 1. The van der Waals surface area contributed by atoms with Crippen molar-refractivity contribution in [1.82, 2.24) is 5.32 Å². The largest absolute Gasteiger partial charge is 0.507 e. The number of phenolic OH excluding ortho intramolecular Hbond substituents is 1. The van der Waals surface area contributed by atoms with Crippen molar-refractivity contribution in [3.05, 3.63) is 29.3 Å². The van der Waals surface area contributed by atoms with E-state index in [1.54, 1.807) is 23.9 Å². The van der Waals surface area contributed by atoms with Crippen molar-refractivity contribution in [2.24, 2.45) is 0 Å². The predicted molar refractivity (Wildman–Crippen MR) is 63.6 cm³/mol. The fraction of sp³-hybridized carbons (Fsp3) is 0.364. The third-order valence-corrected chi connectivity index (χ3v) is 2.60. The number of carbonyl (C=O) groups is 1. The van der Waals surface area contributed by atoms with Gasteiger partial charge in [0.1, 0.15) is 5.75 Å². The molecule has 3 nitrogen and oxygen atoms in total. The summed E-state index contributed by atoms with van der Waals surface area (Å²) in [7, 11) is 0. The number of aryl methyl sites for hydroxylation is 1. The van der Waals surface area contributed by atoms with Crippen molar-refractivity contribution in [2.45, 2.75) is 6.92 Å². The van der Waals surface area contributed by atoms with Crippen LogP contribution in [0.25, 0.3) is 0 Å². The zero-order chi connectivity index (χ0) is 11.3. The zero-order valence-electron chi connectivity index (χ0n) is 8.91. The van der Waals surface area contributed by atoms with E-state index in [4.69, 9.17) is 0 Å². The zero-order valence-corrected chi connectivity index (χ0v) is 9.73. The van der Waals surface area contributed by atoms with Gasteiger partial charge in [-0.2, -0.15) is 11.8 Å². The average molecular weight is 225 g/mol. The highest BCUT2D eigenvalue weighted by molar-refractivity contribution is 7.98. The number of hydrogen-bond donors (Lipinski definition) is 2. The average Bonchev–Trinajstić information content (AvgIpc) is 2.17. The molecule has 1 aromatic carbocycles. The van der Waals surface area contributed by atoms with E-state index in [1.165, 1.54) is 0 Å². The van der Waals surface area contributed by atoms with E-state index >= 15 is 0 Å². The lowest BCUT2D eigenvalue weighted by Crippen LogP contribution is -2.25. The Morgan fingerprint density at radius 3 is 2.87 bits per heavy atom. The van der Waals surface area contributed by atoms with Gasteiger partial charge in [0.25, 0.3) is 5.91 Å². The Balaban J connectivity index is 2.65. The Bertz CT molecular complexity index is 352. The van der Waals surface area contributed by atoms with Crippen LogP contribution in [0.4, 0.5) is 0 Å². The van der Waals surface area contributed by atoms with E-state index in [0.29, 0.717) is 12.1 Å². The Labute approximate surface area is 93.9 Å². The van der Waals surface area contributed by atoms with Crippen molar-refractivity contribution in [3.8, 4) is 5.75 Å². The molecule has 0 saturated heterocycles. The Morgan fingerprint density at radius 1 is 1.53 bits per heavy atom. The van der Waals surface area contributed by atoms with Gasteiger partial charge in [-0.1, -0.05) is 6.07 Å². The van der Waals surface area contributed by atoms with Crippen LogP contribution in [-0.2, 0) is 0 Å². The lowest BCUT2D eigenvalue weighted by molar-refractivity contribution is 0.0953. The Hall–Kier alpha value is -1.16. The molecule has 82 valence electrons. The van der Waals surface area contributed by atoms with Gasteiger partial charge in [-0.05, 0) is 30.9 Å². The molecule has 0 heterocycles. The van der Waals surface area contributed by atoms with Crippen LogP contribution >= 0.6 is 11.8 Å². The molecule has 0 aliphatic heterocycles. The normalized spacial score (nSPS) is 10.0. The second-order valence-electron chi connectivity index (χ2n) is 3.27. The summed E-state index contributed by atoms with van der Waals surface area (Å²) in [4.78, 5) is 11.6. The summed E-state index contributed by atoms with van der Waals surface area (Å²) in [5.41, 5.74) is 1.27. The molecule has 1 aromatic rings. The van der Waals surface area contributed by atoms with Gasteiger partial charge in [0.2, 0.25) is 0 Å². The first-order valence-corrected chi connectivity index (χ1v) is 6.11. The molecule has 0 aliphatic rings. The van der Waals surface area contributed by atoms with Gasteiger partial charge in [0.05, 0.1) is 5.56 Å². The van der Waals surface area contributed by atoms with Gasteiger partial charge in [0.15, 0.2) is 0 Å². The molecule has 0 atom stereocenters. The van der Waals surface area contributed by atoms with Gasteiger partial charge in [0, 0.05) is 12.3 Å². The summed E-state index contributed by atoms with van der Waals surface area (Å²) in [6.07, 6.45) is 1.98. The fourth-order valence-corrected chi connectivity index (χ4v) is 1.50. The molecular formula is C11H15NO2S. The van der Waals surface area contributed by atoms with E-state index in [9.17, 15) is 9.90 Å². The molecule has 4 heteroatoms. The van der Waals surface area contributed by atoms with Crippen LogP contribution in [0.5, 0.6) is 5.75 Å². The highest BCUT2D eigenvalue weighted by Crippen LogP contribution is 2.17. The summed E-state index contributed by atoms with van der Waals surface area (Å²) >= 11 is 1.67. The summed E-state index contributed by atoms with van der Waals surface area (Å²) in [5, 5.41) is 12.3. The molecular weight excluding hydrogens is 210 g/mol. The molecule has 1 rings (SSSR count). The van der Waals surface area contributed by atoms with Crippen molar-refractivity contribution in [3.63, 3.8) is 0 Å². The molecule has 0 saturated carbocycles. The quantitative estimate of drug-likeness (QED) is 0.768. The highest BCUT2D eigenvalue weighted by Gasteiger charge is 2.09. The number of amides is 1. The van der Waals surface area contributed by atoms with E-state index in [1.807, 2.05) is 19.2 Å². The van der Waals surface area contributed by atoms with Gasteiger partial charge in [-0.15, -0.1) is 0 Å². The number of hydrogen-bond acceptors (Lipinski definition) is 3. The summed E-state index contributed by atoms with van der Waals surface area (Å²) in [5.74, 6) is 0.691. The van der Waals surface area contributed by atoms with E-state index in [0.717, 1.165) is 11.3 Å². The minimum atomic E-state index is -0.221. The Kier molecular flexibility index (Phi) is 4.49. The molecule has 15 heavy (non-hydrogen) atoms. The molecule has 0 aliphatic carbocycles. The molecule has 0 bridgehead atoms. The van der Waals surface area contributed by atoms with Crippen LogP contribution < -0.4 is 5.32 Å². The van der Waals surface area contributed by atoms with Crippen LogP contribution in [-0.4, -0.2) is 29.6 Å². The highest BCUT2D eigenvalue weighted by atomic mass is 32.2. The van der Waals surface area contributed by atoms with Crippen molar-refractivity contribution >= 4 is 17.7 Å². The van der Waals surface area contributed by atoms with Crippen LogP contribution in [0.1, 0.15) is 15.9 Å². The molecule has 0 radical (unpaired) electrons. The monoisotopic (exact) mass is 225 g/mol. The SMILES string of the molecule is CSCCNC(=O)c1ccc(C)cc1O. The van der Waals surface area contributed by atoms with Crippen LogP contribution in [0.3, 0.4) is 0 Å². The molecule has 1 amide bonds. The first-order chi connectivity index (χ1) is 7.15. The third kappa shape index (κ3) is 3.47. The van der Waals surface area contributed by atoms with E-state index < -0.39 is 0 Å². The standard InChI is InChI=1S/C11H15NO2S/c1-8-3-4-9(10(13)7-8)11(14)12-5-6-15-2/h3-4,7,13H,5-6H2,1-2H3,(H,12,14). The predicted octanol–water partition coefficient (Wildman–Crippen LogP) is 1.79. The van der Waals surface area contributed by atoms with Crippen molar-refractivity contribution < 1.29 is 9.90 Å². The second kappa shape index (κ2) is 5.66. The van der Waals surface area contributed by atoms with Crippen LogP contribution in [0.15, 0.2) is 18.2 Å². The molecule has 0 spiro atoms. The summed E-state index contributed by atoms with van der Waals surface area (Å²) in [6, 6.07) is 5.03. The van der Waals surface area contributed by atoms with Gasteiger partial charge in [-0.25, -0.2) is 0 Å². The minimum absolute atomic E-state index is 0.0386. The maximum Gasteiger partial charge on any atom is 0.255 e. The van der Waals surface area contributed by atoms with Crippen LogP contribution in [0, 0.1) is 6.92 Å². The maximum absolute atomic E-state index is 11.6. The molecule has 0 aromatic heterocycles. The first kappa shape index (κ1) is 11.9. The summed E-state index contributed by atoms with van der Waals surface area (Å²) in [6.45, 7) is 2.49.